The van der Waals surface area contributed by atoms with Crippen molar-refractivity contribution in [2.75, 3.05) is 32.8 Å². The first-order valence-electron chi connectivity index (χ1n) is 5.30. The van der Waals surface area contributed by atoms with Crippen molar-refractivity contribution in [1.29, 1.82) is 0 Å². The fraction of sp³-hybridized carbons (Fsp3) is 0.800. The summed E-state index contributed by atoms with van der Waals surface area (Å²) in [6, 6.07) is 0. The van der Waals surface area contributed by atoms with Crippen LogP contribution in [0.1, 0.15) is 13.3 Å². The molecule has 92 valence electrons. The monoisotopic (exact) mass is 230 g/mol. The number of nitrogens with two attached hydrogens (primary N) is 1. The van der Waals surface area contributed by atoms with Gasteiger partial charge in [0.1, 0.15) is 5.41 Å². The molecule has 1 amide bonds. The molecule has 6 nitrogen and oxygen atoms in total. The van der Waals surface area contributed by atoms with Crippen molar-refractivity contribution in [3.05, 3.63) is 0 Å². The summed E-state index contributed by atoms with van der Waals surface area (Å²) in [7, 11) is 0. The number of carboxylic acids is 1. The molecular weight excluding hydrogens is 212 g/mol. The highest BCUT2D eigenvalue weighted by molar-refractivity contribution is 6.00. The fourth-order valence-corrected chi connectivity index (χ4v) is 1.54. The number of aliphatic carboxylic acids is 1. The first-order valence-corrected chi connectivity index (χ1v) is 5.30. The summed E-state index contributed by atoms with van der Waals surface area (Å²) in [5.74, 6) is -1.94. The molecule has 1 fully saturated rings. The summed E-state index contributed by atoms with van der Waals surface area (Å²) in [4.78, 5) is 24.2. The molecule has 1 aliphatic rings. The van der Waals surface area contributed by atoms with Crippen LogP contribution in [0.4, 0.5) is 0 Å². The summed E-state index contributed by atoms with van der Waals surface area (Å²) >= 11 is 0. The number of carbonyl (C=O) groups excluding carboxylic acids is 1. The van der Waals surface area contributed by atoms with Gasteiger partial charge in [-0.2, -0.15) is 0 Å². The van der Waals surface area contributed by atoms with Gasteiger partial charge >= 0.3 is 5.97 Å². The molecule has 0 bridgehead atoms. The first kappa shape index (κ1) is 12.9. The number of amides is 1. The summed E-state index contributed by atoms with van der Waals surface area (Å²) < 4.78 is 5.18. The average Bonchev–Trinajstić information content (AvgIpc) is 2.26. The predicted octanol–water partition coefficient (Wildman–Crippen LogP) is -0.715. The Labute approximate surface area is 94.3 Å². The van der Waals surface area contributed by atoms with Gasteiger partial charge < -0.3 is 15.6 Å². The molecule has 1 aliphatic heterocycles. The highest BCUT2D eigenvalue weighted by atomic mass is 16.5. The third-order valence-corrected chi connectivity index (χ3v) is 3.05. The van der Waals surface area contributed by atoms with E-state index >= 15 is 0 Å². The summed E-state index contributed by atoms with van der Waals surface area (Å²) in [5, 5.41) is 8.99. The van der Waals surface area contributed by atoms with E-state index in [1.54, 1.807) is 0 Å². The van der Waals surface area contributed by atoms with Gasteiger partial charge in [-0.1, -0.05) is 0 Å². The van der Waals surface area contributed by atoms with Crippen LogP contribution in [0.5, 0.6) is 0 Å². The van der Waals surface area contributed by atoms with Gasteiger partial charge in [0, 0.05) is 13.1 Å². The van der Waals surface area contributed by atoms with E-state index in [1.165, 1.54) is 6.92 Å². The Balaban J connectivity index is 2.49. The highest BCUT2D eigenvalue weighted by Gasteiger charge is 2.39. The molecule has 1 rings (SSSR count). The van der Waals surface area contributed by atoms with E-state index in [4.69, 9.17) is 15.6 Å². The van der Waals surface area contributed by atoms with Crippen LogP contribution in [-0.4, -0.2) is 54.7 Å². The Bertz CT molecular complexity index is 260. The number of morpholine rings is 1. The summed E-state index contributed by atoms with van der Waals surface area (Å²) in [5.41, 5.74) is 3.65. The Hall–Kier alpha value is -1.14. The number of primary amides is 1. The predicted molar refractivity (Wildman–Crippen MR) is 56.8 cm³/mol. The Kier molecular flexibility index (Phi) is 4.26. The normalized spacial score (nSPS) is 21.3. The molecule has 0 spiro atoms. The van der Waals surface area contributed by atoms with Gasteiger partial charge in [-0.3, -0.25) is 14.5 Å². The molecule has 1 atom stereocenters. The Morgan fingerprint density at radius 2 is 2.00 bits per heavy atom. The van der Waals surface area contributed by atoms with Crippen LogP contribution >= 0.6 is 0 Å². The maximum Gasteiger partial charge on any atom is 0.318 e. The zero-order chi connectivity index (χ0) is 12.2. The summed E-state index contributed by atoms with van der Waals surface area (Å²) in [6.07, 6.45) is 0.234. The molecule has 1 heterocycles. The van der Waals surface area contributed by atoms with Crippen molar-refractivity contribution >= 4 is 11.9 Å². The van der Waals surface area contributed by atoms with E-state index in [1.807, 2.05) is 0 Å². The van der Waals surface area contributed by atoms with Gasteiger partial charge in [-0.15, -0.1) is 0 Å². The average molecular weight is 230 g/mol. The highest BCUT2D eigenvalue weighted by Crippen LogP contribution is 2.21. The zero-order valence-corrected chi connectivity index (χ0v) is 9.44. The summed E-state index contributed by atoms with van der Waals surface area (Å²) in [6.45, 7) is 4.77. The number of ether oxygens (including phenoxy) is 1. The van der Waals surface area contributed by atoms with E-state index in [9.17, 15) is 9.59 Å². The quantitative estimate of drug-likeness (QED) is 0.608. The lowest BCUT2D eigenvalue weighted by Crippen LogP contribution is -2.45. The second kappa shape index (κ2) is 5.27. The van der Waals surface area contributed by atoms with E-state index < -0.39 is 17.3 Å². The third-order valence-electron chi connectivity index (χ3n) is 3.05. The zero-order valence-electron chi connectivity index (χ0n) is 9.44. The smallest absolute Gasteiger partial charge is 0.318 e. The second-order valence-corrected chi connectivity index (χ2v) is 4.21. The largest absolute Gasteiger partial charge is 0.480 e. The van der Waals surface area contributed by atoms with Crippen LogP contribution in [0.15, 0.2) is 0 Å². The van der Waals surface area contributed by atoms with Crippen LogP contribution in [0.25, 0.3) is 0 Å². The van der Waals surface area contributed by atoms with Crippen LogP contribution in [0.2, 0.25) is 0 Å². The molecule has 3 N–H and O–H groups in total. The number of carboxylic acid groups (broad SMARTS) is 1. The van der Waals surface area contributed by atoms with E-state index in [0.717, 1.165) is 13.1 Å². The number of carbonyl (C=O) groups is 2. The van der Waals surface area contributed by atoms with Crippen molar-refractivity contribution < 1.29 is 19.4 Å². The lowest BCUT2D eigenvalue weighted by atomic mass is 9.86. The maximum absolute atomic E-state index is 11.1. The Morgan fingerprint density at radius 3 is 2.44 bits per heavy atom. The molecule has 0 aromatic rings. The van der Waals surface area contributed by atoms with Crippen molar-refractivity contribution in [1.82, 2.24) is 4.90 Å². The number of rotatable bonds is 5. The lowest BCUT2D eigenvalue weighted by Gasteiger charge is -2.29. The van der Waals surface area contributed by atoms with Gasteiger partial charge in [-0.25, -0.2) is 0 Å². The molecule has 0 aromatic heterocycles. The van der Waals surface area contributed by atoms with Crippen molar-refractivity contribution in [3.8, 4) is 0 Å². The molecule has 1 unspecified atom stereocenters. The third kappa shape index (κ3) is 2.93. The number of hydrogen-bond donors (Lipinski definition) is 2. The fourth-order valence-electron chi connectivity index (χ4n) is 1.54. The van der Waals surface area contributed by atoms with Crippen LogP contribution in [0.3, 0.4) is 0 Å². The maximum atomic E-state index is 11.1. The van der Waals surface area contributed by atoms with Gasteiger partial charge in [0.2, 0.25) is 5.91 Å². The van der Waals surface area contributed by atoms with Gasteiger partial charge in [0.25, 0.3) is 0 Å². The second-order valence-electron chi connectivity index (χ2n) is 4.21. The first-order chi connectivity index (χ1) is 7.47. The topological polar surface area (TPSA) is 92.9 Å². The molecule has 0 radical (unpaired) electrons. The molecule has 0 saturated carbocycles. The SMILES string of the molecule is CC(CCN1CCOCC1)(C(N)=O)C(=O)O. The van der Waals surface area contributed by atoms with Crippen LogP contribution < -0.4 is 5.73 Å². The molecule has 0 aromatic carbocycles. The van der Waals surface area contributed by atoms with Crippen LogP contribution in [0, 0.1) is 5.41 Å². The minimum Gasteiger partial charge on any atom is -0.480 e. The molecular formula is C10H18N2O4. The van der Waals surface area contributed by atoms with Gasteiger partial charge in [-0.05, 0) is 19.9 Å². The number of nitrogens with zero attached hydrogens (tertiary/aromatic N) is 1. The molecule has 16 heavy (non-hydrogen) atoms. The minimum absolute atomic E-state index is 0.234. The standard InChI is InChI=1S/C10H18N2O4/c1-10(8(11)13,9(14)15)2-3-12-4-6-16-7-5-12/h2-7H2,1H3,(H2,11,13)(H,14,15). The molecule has 6 heteroatoms. The van der Waals surface area contributed by atoms with Crippen molar-refractivity contribution in [3.63, 3.8) is 0 Å². The van der Waals surface area contributed by atoms with Gasteiger partial charge in [0.15, 0.2) is 0 Å². The number of hydrogen-bond acceptors (Lipinski definition) is 4. The van der Waals surface area contributed by atoms with Crippen LogP contribution in [-0.2, 0) is 14.3 Å². The van der Waals surface area contributed by atoms with Gasteiger partial charge in [0.05, 0.1) is 13.2 Å². The van der Waals surface area contributed by atoms with E-state index in [2.05, 4.69) is 4.90 Å². The van der Waals surface area contributed by atoms with E-state index in [0.29, 0.717) is 19.8 Å². The lowest BCUT2D eigenvalue weighted by molar-refractivity contribution is -0.154. The van der Waals surface area contributed by atoms with Crippen molar-refractivity contribution in [2.24, 2.45) is 11.1 Å². The Morgan fingerprint density at radius 1 is 1.44 bits per heavy atom. The minimum atomic E-state index is -1.47. The van der Waals surface area contributed by atoms with Crippen molar-refractivity contribution in [2.45, 2.75) is 13.3 Å². The van der Waals surface area contributed by atoms with E-state index in [-0.39, 0.29) is 6.42 Å². The molecule has 0 aliphatic carbocycles. The molecule has 1 saturated heterocycles.